The molecule has 3 aliphatic heterocycles. The highest BCUT2D eigenvalue weighted by molar-refractivity contribution is 8.00. The second-order valence-corrected chi connectivity index (χ2v) is 15.0. The molecule has 0 unspecified atom stereocenters. The van der Waals surface area contributed by atoms with Gasteiger partial charge in [0.05, 0.1) is 50.0 Å². The average molecular weight is 765 g/mol. The number of fused-ring (bicyclic) bond motifs is 1. The zero-order chi connectivity index (χ0) is 37.2. The number of nitrogen functional groups attached to an aromatic ring is 1. The maximum Gasteiger partial charge on any atom is 0.350 e. The summed E-state index contributed by atoms with van der Waals surface area (Å²) >= 11 is 8.57. The summed E-state index contributed by atoms with van der Waals surface area (Å²) in [7, 11) is 1.39. The summed E-state index contributed by atoms with van der Waals surface area (Å²) in [6, 6.07) is 1.96. The van der Waals surface area contributed by atoms with Gasteiger partial charge in [0.2, 0.25) is 5.60 Å². The number of nitrogens with zero attached hydrogens (tertiary/aromatic N) is 4. The van der Waals surface area contributed by atoms with E-state index < -0.39 is 46.5 Å². The van der Waals surface area contributed by atoms with Crippen LogP contribution in [0.4, 0.5) is 5.13 Å². The fourth-order valence-electron chi connectivity index (χ4n) is 6.09. The maximum atomic E-state index is 13.5. The lowest BCUT2D eigenvalue weighted by Gasteiger charge is -2.51. The Hall–Kier alpha value is -4.59. The first-order chi connectivity index (χ1) is 24.1. The number of methoxy groups -OCH3 is 1. The molecule has 274 valence electrons. The molecule has 1 aromatic heterocycles. The van der Waals surface area contributed by atoms with Crippen LogP contribution in [0.3, 0.4) is 0 Å². The van der Waals surface area contributed by atoms with Crippen molar-refractivity contribution < 1.29 is 48.6 Å². The third-order valence-corrected chi connectivity index (χ3v) is 11.3. The van der Waals surface area contributed by atoms with E-state index in [0.717, 1.165) is 42.2 Å². The van der Waals surface area contributed by atoms with E-state index >= 15 is 0 Å². The molecule has 3 aliphatic rings. The van der Waals surface area contributed by atoms with E-state index in [-0.39, 0.29) is 44.6 Å². The first-order valence-electron chi connectivity index (χ1n) is 15.7. The number of hydrogen-bond donors (Lipinski definition) is 6. The number of carbonyl (C=O) groups excluding carboxylic acids is 3. The lowest BCUT2D eigenvalue weighted by atomic mass is 10.0. The van der Waals surface area contributed by atoms with Gasteiger partial charge in [-0.05, 0) is 26.0 Å². The second-order valence-electron chi connectivity index (χ2n) is 12.7. The van der Waals surface area contributed by atoms with Crippen molar-refractivity contribution in [3.63, 3.8) is 0 Å². The number of hydrogen-bond acceptors (Lipinski definition) is 14. The van der Waals surface area contributed by atoms with Crippen LogP contribution in [0.5, 0.6) is 11.5 Å². The smallest absolute Gasteiger partial charge is 0.350 e. The first kappa shape index (κ1) is 37.7. The Morgan fingerprint density at radius 1 is 1.29 bits per heavy atom. The van der Waals surface area contributed by atoms with Crippen LogP contribution in [0.15, 0.2) is 33.9 Å². The number of carboxylic acids is 2. The molecule has 2 saturated heterocycles. The minimum Gasteiger partial charge on any atom is -0.543 e. The highest BCUT2D eigenvalue weighted by atomic mass is 35.5. The van der Waals surface area contributed by atoms with E-state index in [2.05, 4.69) is 20.8 Å². The van der Waals surface area contributed by atoms with E-state index in [1.807, 2.05) is 0 Å². The molecule has 0 spiro atoms. The lowest BCUT2D eigenvalue weighted by molar-refractivity contribution is -0.911. The van der Waals surface area contributed by atoms with Gasteiger partial charge in [-0.2, -0.15) is 0 Å². The van der Waals surface area contributed by atoms with E-state index in [1.54, 1.807) is 6.07 Å². The minimum atomic E-state index is -1.79. The van der Waals surface area contributed by atoms with E-state index in [9.17, 15) is 34.5 Å². The van der Waals surface area contributed by atoms with Crippen LogP contribution in [0.2, 0.25) is 5.02 Å². The first-order valence-corrected chi connectivity index (χ1v) is 18.0. The van der Waals surface area contributed by atoms with Crippen LogP contribution in [-0.4, -0.2) is 122 Å². The number of nitrogens with two attached hydrogens (primary N) is 1. The number of aromatic hydroxyl groups is 1. The van der Waals surface area contributed by atoms with Crippen LogP contribution in [0.25, 0.3) is 0 Å². The molecule has 1 aromatic carbocycles. The highest BCUT2D eigenvalue weighted by Crippen LogP contribution is 2.41. The number of carboxylic acid groups (broad SMARTS) is 2. The Labute approximate surface area is 305 Å². The number of phenols is 1. The summed E-state index contributed by atoms with van der Waals surface area (Å²) in [6.45, 7) is 5.22. The molecule has 2 amide bonds. The SMILES string of the molecule is COc1ccc(C(=N)NCC[N+]2(CC3=C(C(=O)[O-])N4C(=O)[C@@H](NC(=O)/C(=N\OC(C)(C)C(=O)O)c5csc(N)n5)[C@H]4SC3)CCCC2)c(Cl)c1O. The number of rotatable bonds is 14. The van der Waals surface area contributed by atoms with Gasteiger partial charge in [0.15, 0.2) is 22.3 Å². The van der Waals surface area contributed by atoms with Crippen LogP contribution in [0.1, 0.15) is 37.9 Å². The Morgan fingerprint density at radius 2 is 2.00 bits per heavy atom. The van der Waals surface area contributed by atoms with Gasteiger partial charge in [-0.3, -0.25) is 19.9 Å². The zero-order valence-electron chi connectivity index (χ0n) is 27.9. The standard InChI is InChI=1S/C31H37ClN8O9S2/c1-31(2,29(46)47)49-38-20(17-14-51-30(34)36-17)25(42)37-21-26(43)39-22(28(44)45)15(13-50-27(21)39)12-40(9-4-5-10-40)11-8-35-24(33)16-6-7-18(48-3)23(41)19(16)32/h6-7,14,21,27H,4-5,8-13H2,1-3H3,(H7-,33,34,35,36,37,41,42,44,45,46,47)/b38-20-/t21-,27-/m1/s1. The van der Waals surface area contributed by atoms with Crippen molar-refractivity contribution in [2.45, 2.75) is 43.7 Å². The number of anilines is 1. The number of amidine groups is 1. The molecule has 4 heterocycles. The predicted octanol–water partition coefficient (Wildman–Crippen LogP) is 0.306. The van der Waals surface area contributed by atoms with Crippen LogP contribution < -0.4 is 26.2 Å². The van der Waals surface area contributed by atoms with Gasteiger partial charge in [-0.25, -0.2) is 9.78 Å². The van der Waals surface area contributed by atoms with Crippen molar-refractivity contribution in [3.05, 3.63) is 45.1 Å². The maximum absolute atomic E-state index is 13.5. The number of benzene rings is 1. The number of β-lactam (4-membered cyclic amide) rings is 1. The molecule has 2 aromatic rings. The molecule has 0 saturated carbocycles. The Morgan fingerprint density at radius 3 is 2.61 bits per heavy atom. The average Bonchev–Trinajstić information content (AvgIpc) is 3.73. The van der Waals surface area contributed by atoms with Gasteiger partial charge in [0, 0.05) is 35.1 Å². The quantitative estimate of drug-likeness (QED) is 0.0499. The molecule has 51 heavy (non-hydrogen) atoms. The van der Waals surface area contributed by atoms with E-state index in [4.69, 9.17) is 32.3 Å². The van der Waals surface area contributed by atoms with Crippen molar-refractivity contribution >= 4 is 75.1 Å². The van der Waals surface area contributed by atoms with Crippen LogP contribution >= 0.6 is 34.7 Å². The Kier molecular flexibility index (Phi) is 11.0. The Balaban J connectivity index is 1.29. The lowest BCUT2D eigenvalue weighted by Crippen LogP contribution is -2.72. The molecule has 7 N–H and O–H groups in total. The topological polar surface area (TPSA) is 253 Å². The summed E-state index contributed by atoms with van der Waals surface area (Å²) in [5.74, 6) is -4.22. The zero-order valence-corrected chi connectivity index (χ0v) is 30.2. The molecular formula is C31H37ClN8O9S2. The molecule has 17 nitrogen and oxygen atoms in total. The number of quaternary nitrogens is 1. The number of oxime groups is 1. The third-order valence-electron chi connectivity index (χ3n) is 8.88. The molecule has 5 rings (SSSR count). The van der Waals surface area contributed by atoms with E-state index in [1.165, 1.54) is 44.2 Å². The summed E-state index contributed by atoms with van der Waals surface area (Å²) < 4.78 is 5.58. The predicted molar refractivity (Wildman–Crippen MR) is 186 cm³/mol. The van der Waals surface area contributed by atoms with Crippen LogP contribution in [0, 0.1) is 5.41 Å². The number of aliphatic carboxylic acids is 2. The number of nitrogens with one attached hydrogen (secondary N) is 3. The van der Waals surface area contributed by atoms with Gasteiger partial charge in [0.1, 0.15) is 29.5 Å². The van der Waals surface area contributed by atoms with Crippen molar-refractivity contribution in [1.82, 2.24) is 20.5 Å². The highest BCUT2D eigenvalue weighted by Gasteiger charge is 2.54. The summed E-state index contributed by atoms with van der Waals surface area (Å²) in [5, 5.41) is 50.8. The normalized spacial score (nSPS) is 20.0. The van der Waals surface area contributed by atoms with Gasteiger partial charge in [-0.1, -0.05) is 16.8 Å². The molecule has 0 bridgehead atoms. The Bertz CT molecular complexity index is 1830. The van der Waals surface area contributed by atoms with Crippen molar-refractivity contribution in [1.29, 1.82) is 5.41 Å². The van der Waals surface area contributed by atoms with Gasteiger partial charge < -0.3 is 50.5 Å². The number of thioether (sulfide) groups is 1. The van der Waals surface area contributed by atoms with E-state index in [0.29, 0.717) is 35.3 Å². The number of amides is 2. The monoisotopic (exact) mass is 764 g/mol. The summed E-state index contributed by atoms with van der Waals surface area (Å²) in [6.07, 6.45) is 1.83. The number of aromatic nitrogens is 1. The number of thiazole rings is 1. The van der Waals surface area contributed by atoms with Gasteiger partial charge in [-0.15, -0.1) is 23.1 Å². The van der Waals surface area contributed by atoms with Crippen molar-refractivity contribution in [2.24, 2.45) is 5.16 Å². The number of phenolic OH excluding ortho intramolecular Hbond substituents is 1. The fraction of sp³-hybridized carbons (Fsp3) is 0.452. The molecule has 20 heteroatoms. The minimum absolute atomic E-state index is 0.00298. The molecule has 2 fully saturated rings. The molecule has 2 atom stereocenters. The van der Waals surface area contributed by atoms with Crippen LogP contribution in [-0.2, 0) is 24.0 Å². The summed E-state index contributed by atoms with van der Waals surface area (Å²) in [4.78, 5) is 61.2. The van der Waals surface area contributed by atoms with Crippen molar-refractivity contribution in [3.8, 4) is 11.5 Å². The largest absolute Gasteiger partial charge is 0.543 e. The van der Waals surface area contributed by atoms with Gasteiger partial charge >= 0.3 is 5.97 Å². The van der Waals surface area contributed by atoms with Gasteiger partial charge in [0.25, 0.3) is 11.8 Å². The summed E-state index contributed by atoms with van der Waals surface area (Å²) in [5.41, 5.74) is 4.12. The molecular weight excluding hydrogens is 728 g/mol. The molecule has 0 radical (unpaired) electrons. The molecule has 0 aliphatic carbocycles. The number of halogens is 1. The number of likely N-dealkylation sites (tertiary alicyclic amines) is 1. The second kappa shape index (κ2) is 14.9. The van der Waals surface area contributed by atoms with Crippen molar-refractivity contribution in [2.75, 3.05) is 51.3 Å². The third kappa shape index (κ3) is 7.70. The number of carbonyl (C=O) groups is 4. The number of ether oxygens (including phenoxy) is 1. The fourth-order valence-corrected chi connectivity index (χ4v) is 8.23.